The molecule has 0 aliphatic heterocycles. The number of fused-ring (bicyclic) bond motifs is 1. The van der Waals surface area contributed by atoms with Gasteiger partial charge in [-0.2, -0.15) is 4.68 Å². The molecule has 4 aromatic rings. The zero-order valence-corrected chi connectivity index (χ0v) is 14.9. The van der Waals surface area contributed by atoms with E-state index in [4.69, 9.17) is 4.98 Å². The second-order valence-electron chi connectivity index (χ2n) is 5.95. The van der Waals surface area contributed by atoms with Crippen LogP contribution in [0.4, 0.5) is 0 Å². The van der Waals surface area contributed by atoms with Gasteiger partial charge in [0.1, 0.15) is 0 Å². The molecule has 0 bridgehead atoms. The Morgan fingerprint density at radius 3 is 2.76 bits per heavy atom. The first-order valence-corrected chi connectivity index (χ1v) is 9.03. The van der Waals surface area contributed by atoms with E-state index in [-0.39, 0.29) is 0 Å². The maximum absolute atomic E-state index is 4.71. The number of para-hydroxylation sites is 1. The van der Waals surface area contributed by atoms with Gasteiger partial charge in [0.25, 0.3) is 0 Å². The standard InChI is InChI=1S/C19H17N5S/c1-13-7-10-18(14(2)11-13)24-19(21-22-23-24)25-12-16-9-8-15-5-3-4-6-17(15)20-16/h3-11H,12H2,1-2H3. The van der Waals surface area contributed by atoms with Crippen molar-refractivity contribution >= 4 is 22.7 Å². The highest BCUT2D eigenvalue weighted by Crippen LogP contribution is 2.24. The summed E-state index contributed by atoms with van der Waals surface area (Å²) >= 11 is 1.59. The molecule has 25 heavy (non-hydrogen) atoms. The van der Waals surface area contributed by atoms with E-state index in [1.807, 2.05) is 18.2 Å². The zero-order chi connectivity index (χ0) is 17.2. The van der Waals surface area contributed by atoms with Crippen LogP contribution in [0.5, 0.6) is 0 Å². The van der Waals surface area contributed by atoms with E-state index in [9.17, 15) is 0 Å². The minimum Gasteiger partial charge on any atom is -0.252 e. The zero-order valence-electron chi connectivity index (χ0n) is 14.0. The highest BCUT2D eigenvalue weighted by molar-refractivity contribution is 7.98. The Bertz CT molecular complexity index is 1040. The molecule has 5 nitrogen and oxygen atoms in total. The van der Waals surface area contributed by atoms with Gasteiger partial charge < -0.3 is 0 Å². The van der Waals surface area contributed by atoms with Gasteiger partial charge >= 0.3 is 0 Å². The molecule has 2 aromatic heterocycles. The van der Waals surface area contributed by atoms with Crippen LogP contribution in [0.1, 0.15) is 16.8 Å². The molecule has 0 radical (unpaired) electrons. The fraction of sp³-hybridized carbons (Fsp3) is 0.158. The van der Waals surface area contributed by atoms with Crippen LogP contribution in [0, 0.1) is 13.8 Å². The van der Waals surface area contributed by atoms with Crippen molar-refractivity contribution < 1.29 is 0 Å². The second-order valence-corrected chi connectivity index (χ2v) is 6.89. The summed E-state index contributed by atoms with van der Waals surface area (Å²) < 4.78 is 1.79. The summed E-state index contributed by atoms with van der Waals surface area (Å²) in [5.74, 6) is 0.718. The molecule has 0 amide bonds. The van der Waals surface area contributed by atoms with Crippen molar-refractivity contribution in [3.05, 3.63) is 71.4 Å². The number of nitrogens with zero attached hydrogens (tertiary/aromatic N) is 5. The SMILES string of the molecule is Cc1ccc(-n2nnnc2SCc2ccc3ccccc3n2)c(C)c1. The van der Waals surface area contributed by atoms with Crippen molar-refractivity contribution in [2.45, 2.75) is 24.8 Å². The lowest BCUT2D eigenvalue weighted by Crippen LogP contribution is -2.02. The minimum absolute atomic E-state index is 0.718. The van der Waals surface area contributed by atoms with Crippen molar-refractivity contribution in [1.82, 2.24) is 25.2 Å². The van der Waals surface area contributed by atoms with Gasteiger partial charge in [-0.15, -0.1) is 5.10 Å². The predicted octanol–water partition coefficient (Wildman–Crippen LogP) is 4.12. The van der Waals surface area contributed by atoms with Gasteiger partial charge in [0, 0.05) is 11.1 Å². The summed E-state index contributed by atoms with van der Waals surface area (Å²) in [6.45, 7) is 4.15. The third kappa shape index (κ3) is 3.25. The molecule has 0 aliphatic rings. The number of hydrogen-bond acceptors (Lipinski definition) is 5. The normalized spacial score (nSPS) is 11.1. The maximum atomic E-state index is 4.71. The van der Waals surface area contributed by atoms with E-state index in [1.54, 1.807) is 16.4 Å². The quantitative estimate of drug-likeness (QED) is 0.520. The molecular formula is C19H17N5S. The third-order valence-corrected chi connectivity index (χ3v) is 4.98. The first-order chi connectivity index (χ1) is 12.2. The van der Waals surface area contributed by atoms with Gasteiger partial charge in [-0.3, -0.25) is 4.98 Å². The van der Waals surface area contributed by atoms with Gasteiger partial charge in [-0.05, 0) is 48.0 Å². The Morgan fingerprint density at radius 2 is 1.88 bits per heavy atom. The van der Waals surface area contributed by atoms with E-state index >= 15 is 0 Å². The fourth-order valence-corrected chi connectivity index (χ4v) is 3.58. The van der Waals surface area contributed by atoms with Crippen LogP contribution in [0.15, 0.2) is 59.8 Å². The van der Waals surface area contributed by atoms with Crippen molar-refractivity contribution in [1.29, 1.82) is 0 Å². The van der Waals surface area contributed by atoms with E-state index < -0.39 is 0 Å². The summed E-state index contributed by atoms with van der Waals surface area (Å²) in [5, 5.41) is 14.1. The van der Waals surface area contributed by atoms with Crippen molar-refractivity contribution in [3.63, 3.8) is 0 Å². The lowest BCUT2D eigenvalue weighted by atomic mass is 10.1. The van der Waals surface area contributed by atoms with Crippen LogP contribution in [0.25, 0.3) is 16.6 Å². The monoisotopic (exact) mass is 347 g/mol. The molecule has 0 spiro atoms. The molecule has 6 heteroatoms. The van der Waals surface area contributed by atoms with E-state index in [0.717, 1.165) is 38.8 Å². The average molecular weight is 347 g/mol. The van der Waals surface area contributed by atoms with Crippen LogP contribution in [-0.2, 0) is 5.75 Å². The fourth-order valence-electron chi connectivity index (χ4n) is 2.79. The Balaban J connectivity index is 1.58. The summed E-state index contributed by atoms with van der Waals surface area (Å²) in [5.41, 5.74) is 5.40. The average Bonchev–Trinajstić information content (AvgIpc) is 3.08. The van der Waals surface area contributed by atoms with Crippen LogP contribution in [-0.4, -0.2) is 25.2 Å². The van der Waals surface area contributed by atoms with Gasteiger partial charge in [0.2, 0.25) is 5.16 Å². The molecule has 0 aliphatic carbocycles. The van der Waals surface area contributed by atoms with E-state index in [2.05, 4.69) is 65.8 Å². The second kappa shape index (κ2) is 6.64. The molecule has 4 rings (SSSR count). The number of thioether (sulfide) groups is 1. The summed E-state index contributed by atoms with van der Waals surface area (Å²) in [6.07, 6.45) is 0. The van der Waals surface area contributed by atoms with Crippen molar-refractivity contribution in [2.24, 2.45) is 0 Å². The highest BCUT2D eigenvalue weighted by atomic mass is 32.2. The number of aromatic nitrogens is 5. The van der Waals surface area contributed by atoms with Gasteiger partial charge in [0.05, 0.1) is 16.9 Å². The molecule has 0 N–H and O–H groups in total. The Hall–Kier alpha value is -2.73. The number of pyridine rings is 1. The lowest BCUT2D eigenvalue weighted by molar-refractivity contribution is 0.751. The molecule has 124 valence electrons. The largest absolute Gasteiger partial charge is 0.252 e. The molecule has 0 saturated heterocycles. The Labute approximate surface area is 150 Å². The first-order valence-electron chi connectivity index (χ1n) is 8.04. The topological polar surface area (TPSA) is 56.5 Å². The van der Waals surface area contributed by atoms with Crippen LogP contribution < -0.4 is 0 Å². The van der Waals surface area contributed by atoms with Gasteiger partial charge in [-0.1, -0.05) is 53.7 Å². The molecule has 0 saturated carbocycles. The summed E-state index contributed by atoms with van der Waals surface area (Å²) in [6, 6.07) is 18.6. The summed E-state index contributed by atoms with van der Waals surface area (Å²) in [7, 11) is 0. The van der Waals surface area contributed by atoms with Gasteiger partial charge in [0.15, 0.2) is 0 Å². The molecular weight excluding hydrogens is 330 g/mol. The predicted molar refractivity (Wildman–Crippen MR) is 99.9 cm³/mol. The highest BCUT2D eigenvalue weighted by Gasteiger charge is 2.12. The molecule has 2 heterocycles. The lowest BCUT2D eigenvalue weighted by Gasteiger charge is -2.08. The number of tetrazole rings is 1. The number of rotatable bonds is 4. The van der Waals surface area contributed by atoms with Crippen LogP contribution >= 0.6 is 11.8 Å². The molecule has 2 aromatic carbocycles. The Kier molecular flexibility index (Phi) is 4.19. The van der Waals surface area contributed by atoms with E-state index in [0.29, 0.717) is 0 Å². The van der Waals surface area contributed by atoms with Gasteiger partial charge in [-0.25, -0.2) is 0 Å². The maximum Gasteiger partial charge on any atom is 0.214 e. The smallest absolute Gasteiger partial charge is 0.214 e. The number of benzene rings is 2. The molecule has 0 fully saturated rings. The third-order valence-electron chi connectivity index (χ3n) is 4.03. The summed E-state index contributed by atoms with van der Waals surface area (Å²) in [4.78, 5) is 4.71. The number of hydrogen-bond donors (Lipinski definition) is 0. The first kappa shape index (κ1) is 15.8. The number of aryl methyl sites for hydroxylation is 2. The van der Waals surface area contributed by atoms with Crippen molar-refractivity contribution in [2.75, 3.05) is 0 Å². The van der Waals surface area contributed by atoms with E-state index in [1.165, 1.54) is 5.56 Å². The van der Waals surface area contributed by atoms with Crippen LogP contribution in [0.3, 0.4) is 0 Å². The molecule has 0 atom stereocenters. The van der Waals surface area contributed by atoms with Crippen molar-refractivity contribution in [3.8, 4) is 5.69 Å². The molecule has 0 unspecified atom stereocenters. The van der Waals surface area contributed by atoms with Crippen LogP contribution in [0.2, 0.25) is 0 Å². The minimum atomic E-state index is 0.718. The Morgan fingerprint density at radius 1 is 1.00 bits per heavy atom.